The van der Waals surface area contributed by atoms with Crippen molar-refractivity contribution < 1.29 is 27.4 Å². The summed E-state index contributed by atoms with van der Waals surface area (Å²) in [7, 11) is 0.798. The summed E-state index contributed by atoms with van der Waals surface area (Å²) < 4.78 is 41.3. The van der Waals surface area contributed by atoms with Crippen molar-refractivity contribution in [2.24, 2.45) is 5.10 Å². The number of benzene rings is 2. The fourth-order valence-electron chi connectivity index (χ4n) is 2.48. The summed E-state index contributed by atoms with van der Waals surface area (Å²) in [6.45, 7) is 5.21. The van der Waals surface area contributed by atoms with Crippen LogP contribution >= 0.6 is 12.2 Å². The minimum absolute atomic E-state index is 0.134. The van der Waals surface area contributed by atoms with E-state index in [1.54, 1.807) is 51.1 Å². The Bertz CT molecular complexity index is 1170. The van der Waals surface area contributed by atoms with E-state index < -0.39 is 21.8 Å². The monoisotopic (exact) mass is 508 g/mol. The van der Waals surface area contributed by atoms with Gasteiger partial charge in [-0.15, -0.1) is 0 Å². The predicted octanol–water partition coefficient (Wildman–Crippen LogP) is 3.58. The van der Waals surface area contributed by atoms with E-state index in [1.807, 2.05) is 0 Å². The third-order valence-corrected chi connectivity index (χ3v) is 6.03. The fourth-order valence-corrected chi connectivity index (χ4v) is 3.60. The van der Waals surface area contributed by atoms with Crippen LogP contribution in [0.4, 0.5) is 10.5 Å². The molecule has 0 atom stereocenters. The molecule has 0 saturated carbocycles. The van der Waals surface area contributed by atoms with Crippen molar-refractivity contribution in [2.45, 2.75) is 31.3 Å². The van der Waals surface area contributed by atoms with Gasteiger partial charge >= 0.3 is 6.16 Å². The van der Waals surface area contributed by atoms with Crippen molar-refractivity contribution >= 4 is 45.4 Å². The Labute approximate surface area is 204 Å². The molecule has 0 aliphatic carbocycles. The fraction of sp³-hybridized carbons (Fsp3) is 0.318. The smallest absolute Gasteiger partial charge is 0.493 e. The maximum absolute atomic E-state index is 12.3. The van der Waals surface area contributed by atoms with Crippen LogP contribution in [0.15, 0.2) is 52.5 Å². The number of thiocarbonyl (C=S) groups is 1. The van der Waals surface area contributed by atoms with Crippen molar-refractivity contribution in [2.75, 3.05) is 26.5 Å². The highest BCUT2D eigenvalue weighted by Gasteiger charge is 2.20. The Morgan fingerprint density at radius 1 is 1.12 bits per heavy atom. The highest BCUT2D eigenvalue weighted by molar-refractivity contribution is 7.89. The second kappa shape index (κ2) is 11.3. The lowest BCUT2D eigenvalue weighted by atomic mass is 10.2. The third-order valence-electron chi connectivity index (χ3n) is 4.02. The van der Waals surface area contributed by atoms with E-state index in [1.165, 1.54) is 39.6 Å². The molecule has 0 aliphatic rings. The van der Waals surface area contributed by atoms with Crippen LogP contribution in [0.1, 0.15) is 26.3 Å². The van der Waals surface area contributed by atoms with Gasteiger partial charge in [0.15, 0.2) is 16.6 Å². The summed E-state index contributed by atoms with van der Waals surface area (Å²) >= 11 is 5.21. The molecule has 2 N–H and O–H groups in total. The molecule has 34 heavy (non-hydrogen) atoms. The van der Waals surface area contributed by atoms with Crippen LogP contribution in [0.3, 0.4) is 0 Å². The molecule has 0 saturated heterocycles. The van der Waals surface area contributed by atoms with E-state index in [4.69, 9.17) is 26.4 Å². The quantitative estimate of drug-likeness (QED) is 0.190. The number of sulfonamides is 1. The number of hydrogen-bond acceptors (Lipinski definition) is 8. The zero-order valence-corrected chi connectivity index (χ0v) is 21.4. The zero-order chi connectivity index (χ0) is 25.5. The zero-order valence-electron chi connectivity index (χ0n) is 19.8. The highest BCUT2D eigenvalue weighted by Crippen LogP contribution is 2.28. The molecular formula is C22H28N4O6S2. The van der Waals surface area contributed by atoms with Crippen LogP contribution in [0.5, 0.6) is 11.5 Å². The summed E-state index contributed by atoms with van der Waals surface area (Å²) in [6.07, 6.45) is 0.647. The van der Waals surface area contributed by atoms with Gasteiger partial charge in [0.25, 0.3) is 0 Å². The van der Waals surface area contributed by atoms with Crippen LogP contribution in [0, 0.1) is 0 Å². The van der Waals surface area contributed by atoms with Crippen LogP contribution in [0.25, 0.3) is 0 Å². The number of carbonyl (C=O) groups is 1. The molecule has 10 nitrogen and oxygen atoms in total. The van der Waals surface area contributed by atoms with Crippen molar-refractivity contribution in [1.82, 2.24) is 9.73 Å². The molecule has 0 amide bonds. The van der Waals surface area contributed by atoms with Gasteiger partial charge in [0.1, 0.15) is 5.60 Å². The molecule has 0 aromatic heterocycles. The second-order valence-corrected chi connectivity index (χ2v) is 10.7. The van der Waals surface area contributed by atoms with Crippen molar-refractivity contribution in [3.05, 3.63) is 48.0 Å². The van der Waals surface area contributed by atoms with E-state index in [-0.39, 0.29) is 15.8 Å². The number of nitrogens with zero attached hydrogens (tertiary/aromatic N) is 2. The summed E-state index contributed by atoms with van der Waals surface area (Å²) in [5.41, 5.74) is 3.10. The molecular weight excluding hydrogens is 480 g/mol. The summed E-state index contributed by atoms with van der Waals surface area (Å²) in [5.74, 6) is 0.515. The Kier molecular flexibility index (Phi) is 8.96. The minimum atomic E-state index is -3.57. The standard InChI is InChI=1S/C22H28N4O6S2/c1-22(2,3)32-21(27)31-18-11-10-15(12-19(18)30-6)14-23-25-20(33)24-16-8-7-9-17(13-16)34(28,29)26(4)5/h7-14H,1-6H3,(H2,24,25,33). The maximum Gasteiger partial charge on any atom is 0.514 e. The first-order chi connectivity index (χ1) is 15.8. The molecule has 0 bridgehead atoms. The first kappa shape index (κ1) is 27.0. The van der Waals surface area contributed by atoms with Gasteiger partial charge in [0.05, 0.1) is 18.2 Å². The van der Waals surface area contributed by atoms with Gasteiger partial charge < -0.3 is 19.5 Å². The van der Waals surface area contributed by atoms with Gasteiger partial charge in [0, 0.05) is 19.8 Å². The first-order valence-corrected chi connectivity index (χ1v) is 11.9. The average molecular weight is 509 g/mol. The molecule has 2 rings (SSSR count). The van der Waals surface area contributed by atoms with E-state index in [2.05, 4.69) is 15.8 Å². The number of ether oxygens (including phenoxy) is 3. The Morgan fingerprint density at radius 2 is 1.82 bits per heavy atom. The number of nitrogens with one attached hydrogen (secondary N) is 2. The van der Waals surface area contributed by atoms with Gasteiger partial charge in [-0.3, -0.25) is 5.43 Å². The van der Waals surface area contributed by atoms with Gasteiger partial charge in [0.2, 0.25) is 10.0 Å². The number of hydrogen-bond donors (Lipinski definition) is 2. The summed E-state index contributed by atoms with van der Waals surface area (Å²) in [5, 5.41) is 7.10. The van der Waals surface area contributed by atoms with Crippen LogP contribution in [0.2, 0.25) is 0 Å². The van der Waals surface area contributed by atoms with Gasteiger partial charge in [-0.05, 0) is 75.0 Å². The number of methoxy groups -OCH3 is 1. The number of anilines is 1. The van der Waals surface area contributed by atoms with Crippen LogP contribution in [-0.2, 0) is 14.8 Å². The van der Waals surface area contributed by atoms with Gasteiger partial charge in [-0.25, -0.2) is 17.5 Å². The van der Waals surface area contributed by atoms with Crippen molar-refractivity contribution in [3.63, 3.8) is 0 Å². The number of rotatable bonds is 7. The molecule has 0 heterocycles. The largest absolute Gasteiger partial charge is 0.514 e. The molecule has 0 unspecified atom stereocenters. The molecule has 2 aromatic carbocycles. The Hall–Kier alpha value is -3.22. The lowest BCUT2D eigenvalue weighted by molar-refractivity contribution is 0.0201. The highest BCUT2D eigenvalue weighted by atomic mass is 32.2. The summed E-state index contributed by atoms with van der Waals surface area (Å²) in [6, 6.07) is 11.1. The minimum Gasteiger partial charge on any atom is -0.493 e. The molecule has 0 aliphatic heterocycles. The van der Waals surface area contributed by atoms with E-state index in [0.29, 0.717) is 17.0 Å². The van der Waals surface area contributed by atoms with Gasteiger partial charge in [-0.1, -0.05) is 6.07 Å². The van der Waals surface area contributed by atoms with E-state index >= 15 is 0 Å². The number of hydrazone groups is 1. The van der Waals surface area contributed by atoms with Crippen molar-refractivity contribution in [3.8, 4) is 11.5 Å². The SMILES string of the molecule is COc1cc(C=NNC(=S)Nc2cccc(S(=O)(=O)N(C)C)c2)ccc1OC(=O)OC(C)(C)C. The van der Waals surface area contributed by atoms with E-state index in [0.717, 1.165) is 4.31 Å². The average Bonchev–Trinajstić information content (AvgIpc) is 2.73. The van der Waals surface area contributed by atoms with Crippen LogP contribution in [-0.4, -0.2) is 57.0 Å². The first-order valence-electron chi connectivity index (χ1n) is 10.0. The normalized spacial score (nSPS) is 11.9. The van der Waals surface area contributed by atoms with Crippen LogP contribution < -0.4 is 20.2 Å². The summed E-state index contributed by atoms with van der Waals surface area (Å²) in [4.78, 5) is 12.0. The molecule has 0 fully saturated rings. The lowest BCUT2D eigenvalue weighted by Crippen LogP contribution is -2.26. The number of carbonyl (C=O) groups excluding carboxylic acids is 1. The lowest BCUT2D eigenvalue weighted by Gasteiger charge is -2.19. The third kappa shape index (κ3) is 7.97. The Morgan fingerprint density at radius 3 is 2.44 bits per heavy atom. The van der Waals surface area contributed by atoms with Crippen molar-refractivity contribution in [1.29, 1.82) is 0 Å². The second-order valence-electron chi connectivity index (χ2n) is 8.12. The molecule has 0 radical (unpaired) electrons. The molecule has 2 aromatic rings. The molecule has 12 heteroatoms. The predicted molar refractivity (Wildman–Crippen MR) is 134 cm³/mol. The van der Waals surface area contributed by atoms with Gasteiger partial charge in [-0.2, -0.15) is 5.10 Å². The van der Waals surface area contributed by atoms with E-state index in [9.17, 15) is 13.2 Å². The maximum atomic E-state index is 12.3. The topological polar surface area (TPSA) is 119 Å². The molecule has 0 spiro atoms. The Balaban J connectivity index is 2.01. The molecule has 184 valence electrons.